The summed E-state index contributed by atoms with van der Waals surface area (Å²) in [5.41, 5.74) is -0.644. The zero-order valence-corrected chi connectivity index (χ0v) is 16.8. The zero-order valence-electron chi connectivity index (χ0n) is 16.8. The number of hydrogen-bond acceptors (Lipinski definition) is 4. The SMILES string of the molecule is CC[C@H](NC(C)=O)C(=O)N[C@H](C(=O)N[C@@H](CC(C)C)C(=O)O)C(C)(C)C. The van der Waals surface area contributed by atoms with Gasteiger partial charge < -0.3 is 21.1 Å². The Bertz CT molecular complexity index is 525. The first-order valence-corrected chi connectivity index (χ1v) is 8.90. The van der Waals surface area contributed by atoms with Gasteiger partial charge in [-0.1, -0.05) is 41.5 Å². The Labute approximate surface area is 155 Å². The van der Waals surface area contributed by atoms with E-state index in [9.17, 15) is 24.3 Å². The molecule has 0 aromatic rings. The molecule has 26 heavy (non-hydrogen) atoms. The van der Waals surface area contributed by atoms with Crippen LogP contribution < -0.4 is 16.0 Å². The number of carboxylic acids is 1. The van der Waals surface area contributed by atoms with Gasteiger partial charge in [-0.05, 0) is 24.2 Å². The number of aliphatic carboxylic acids is 1. The second-order valence-corrected chi connectivity index (χ2v) is 8.00. The van der Waals surface area contributed by atoms with E-state index >= 15 is 0 Å². The lowest BCUT2D eigenvalue weighted by molar-refractivity contribution is -0.143. The van der Waals surface area contributed by atoms with Crippen molar-refractivity contribution in [3.05, 3.63) is 0 Å². The Hall–Kier alpha value is -2.12. The molecule has 8 heteroatoms. The summed E-state index contributed by atoms with van der Waals surface area (Å²) >= 11 is 0. The van der Waals surface area contributed by atoms with E-state index in [1.807, 2.05) is 13.8 Å². The summed E-state index contributed by atoms with van der Waals surface area (Å²) in [4.78, 5) is 47.7. The largest absolute Gasteiger partial charge is 0.480 e. The van der Waals surface area contributed by atoms with Crippen molar-refractivity contribution in [1.82, 2.24) is 16.0 Å². The molecule has 4 N–H and O–H groups in total. The number of hydrogen-bond donors (Lipinski definition) is 4. The molecule has 8 nitrogen and oxygen atoms in total. The lowest BCUT2D eigenvalue weighted by Gasteiger charge is -2.32. The predicted molar refractivity (Wildman–Crippen MR) is 98.3 cm³/mol. The van der Waals surface area contributed by atoms with Crippen LogP contribution in [-0.4, -0.2) is 46.9 Å². The van der Waals surface area contributed by atoms with Gasteiger partial charge in [0.2, 0.25) is 17.7 Å². The van der Waals surface area contributed by atoms with Crippen LogP contribution in [0, 0.1) is 11.3 Å². The number of carbonyl (C=O) groups excluding carboxylic acids is 3. The molecule has 3 atom stereocenters. The quantitative estimate of drug-likeness (QED) is 0.482. The standard InChI is InChI=1S/C18H33N3O5/c1-8-12(19-11(4)22)15(23)21-14(18(5,6)7)16(24)20-13(17(25)26)9-10(2)3/h10,12-14H,8-9H2,1-7H3,(H,19,22)(H,20,24)(H,21,23)(H,25,26)/t12-,13-,14+/m0/s1. The highest BCUT2D eigenvalue weighted by Crippen LogP contribution is 2.20. The Morgan fingerprint density at radius 3 is 1.81 bits per heavy atom. The van der Waals surface area contributed by atoms with Crippen LogP contribution in [-0.2, 0) is 19.2 Å². The van der Waals surface area contributed by atoms with Crippen molar-refractivity contribution in [3.8, 4) is 0 Å². The molecule has 0 aromatic heterocycles. The first-order valence-electron chi connectivity index (χ1n) is 8.90. The van der Waals surface area contributed by atoms with Gasteiger partial charge in [0.15, 0.2) is 0 Å². The third kappa shape index (κ3) is 8.31. The van der Waals surface area contributed by atoms with E-state index in [1.54, 1.807) is 27.7 Å². The van der Waals surface area contributed by atoms with Crippen LogP contribution in [0.25, 0.3) is 0 Å². The molecule has 0 bridgehead atoms. The van der Waals surface area contributed by atoms with Crippen molar-refractivity contribution in [1.29, 1.82) is 0 Å². The summed E-state index contributed by atoms with van der Waals surface area (Å²) in [6, 6.07) is -2.72. The van der Waals surface area contributed by atoms with Crippen LogP contribution in [0.4, 0.5) is 0 Å². The van der Waals surface area contributed by atoms with Crippen LogP contribution in [0.15, 0.2) is 0 Å². The van der Waals surface area contributed by atoms with Crippen LogP contribution in [0.5, 0.6) is 0 Å². The van der Waals surface area contributed by atoms with Crippen molar-refractivity contribution in [2.24, 2.45) is 11.3 Å². The number of carboxylic acid groups (broad SMARTS) is 1. The summed E-state index contributed by atoms with van der Waals surface area (Å²) in [7, 11) is 0. The molecule has 0 spiro atoms. The summed E-state index contributed by atoms with van der Waals surface area (Å²) in [5.74, 6) is -2.41. The molecule has 0 rings (SSSR count). The number of amides is 3. The number of nitrogens with one attached hydrogen (secondary N) is 3. The second kappa shape index (κ2) is 10.1. The molecule has 0 heterocycles. The summed E-state index contributed by atoms with van der Waals surface area (Å²) in [5, 5.41) is 17.0. The van der Waals surface area contributed by atoms with Gasteiger partial charge in [-0.25, -0.2) is 4.79 Å². The molecule has 0 saturated heterocycles. The van der Waals surface area contributed by atoms with E-state index in [2.05, 4.69) is 16.0 Å². The topological polar surface area (TPSA) is 125 Å². The maximum atomic E-state index is 12.7. The highest BCUT2D eigenvalue weighted by atomic mass is 16.4. The highest BCUT2D eigenvalue weighted by molar-refractivity contribution is 5.93. The molecule has 0 aliphatic heterocycles. The lowest BCUT2D eigenvalue weighted by atomic mass is 9.85. The minimum Gasteiger partial charge on any atom is -0.480 e. The second-order valence-electron chi connectivity index (χ2n) is 8.00. The van der Waals surface area contributed by atoms with Gasteiger partial charge in [0, 0.05) is 6.92 Å². The fourth-order valence-electron chi connectivity index (χ4n) is 2.46. The Kier molecular flexibility index (Phi) is 9.31. The number of carbonyl (C=O) groups is 4. The van der Waals surface area contributed by atoms with E-state index in [0.29, 0.717) is 6.42 Å². The fraction of sp³-hybridized carbons (Fsp3) is 0.778. The Morgan fingerprint density at radius 1 is 0.923 bits per heavy atom. The summed E-state index contributed by atoms with van der Waals surface area (Å²) in [6.45, 7) is 12.1. The minimum atomic E-state index is -1.12. The van der Waals surface area contributed by atoms with Crippen molar-refractivity contribution in [3.63, 3.8) is 0 Å². The molecule has 0 unspecified atom stereocenters. The maximum absolute atomic E-state index is 12.7. The van der Waals surface area contributed by atoms with Gasteiger partial charge in [0.1, 0.15) is 18.1 Å². The molecule has 0 saturated carbocycles. The van der Waals surface area contributed by atoms with E-state index in [0.717, 1.165) is 0 Å². The van der Waals surface area contributed by atoms with Gasteiger partial charge in [0.25, 0.3) is 0 Å². The third-order valence-electron chi connectivity index (χ3n) is 3.84. The smallest absolute Gasteiger partial charge is 0.326 e. The van der Waals surface area contributed by atoms with E-state index < -0.39 is 41.3 Å². The van der Waals surface area contributed by atoms with Gasteiger partial charge >= 0.3 is 5.97 Å². The van der Waals surface area contributed by atoms with Gasteiger partial charge in [-0.2, -0.15) is 0 Å². The summed E-state index contributed by atoms with van der Waals surface area (Å²) < 4.78 is 0. The zero-order chi connectivity index (χ0) is 20.7. The Morgan fingerprint density at radius 2 is 1.46 bits per heavy atom. The van der Waals surface area contributed by atoms with Crippen LogP contribution in [0.2, 0.25) is 0 Å². The first-order chi connectivity index (χ1) is 11.8. The first kappa shape index (κ1) is 23.9. The van der Waals surface area contributed by atoms with Crippen molar-refractivity contribution >= 4 is 23.7 Å². The van der Waals surface area contributed by atoms with Crippen LogP contribution in [0.1, 0.15) is 61.3 Å². The van der Waals surface area contributed by atoms with E-state index in [-0.39, 0.29) is 18.2 Å². The molecular formula is C18H33N3O5. The van der Waals surface area contributed by atoms with Gasteiger partial charge in [-0.3, -0.25) is 14.4 Å². The number of rotatable bonds is 9. The predicted octanol–water partition coefficient (Wildman–Crippen LogP) is 1.05. The normalized spacial score (nSPS) is 14.9. The minimum absolute atomic E-state index is 0.0864. The monoisotopic (exact) mass is 371 g/mol. The van der Waals surface area contributed by atoms with Crippen LogP contribution in [0.3, 0.4) is 0 Å². The molecule has 0 aromatic carbocycles. The molecule has 0 aliphatic rings. The molecular weight excluding hydrogens is 338 g/mol. The molecule has 0 aliphatic carbocycles. The average Bonchev–Trinajstić information content (AvgIpc) is 2.47. The Balaban J connectivity index is 5.31. The van der Waals surface area contributed by atoms with Crippen LogP contribution >= 0.6 is 0 Å². The fourth-order valence-corrected chi connectivity index (χ4v) is 2.46. The molecule has 150 valence electrons. The van der Waals surface area contributed by atoms with Crippen molar-refractivity contribution in [2.75, 3.05) is 0 Å². The lowest BCUT2D eigenvalue weighted by Crippen LogP contribution is -2.59. The molecule has 3 amide bonds. The van der Waals surface area contributed by atoms with Crippen molar-refractivity contribution in [2.45, 2.75) is 79.4 Å². The van der Waals surface area contributed by atoms with Gasteiger partial charge in [0.05, 0.1) is 0 Å². The van der Waals surface area contributed by atoms with Crippen molar-refractivity contribution < 1.29 is 24.3 Å². The molecule has 0 fully saturated rings. The summed E-state index contributed by atoms with van der Waals surface area (Å²) in [6.07, 6.45) is 0.657. The third-order valence-corrected chi connectivity index (χ3v) is 3.84. The highest BCUT2D eigenvalue weighted by Gasteiger charge is 2.36. The molecule has 0 radical (unpaired) electrons. The van der Waals surface area contributed by atoms with E-state index in [4.69, 9.17) is 0 Å². The average molecular weight is 371 g/mol. The maximum Gasteiger partial charge on any atom is 0.326 e. The van der Waals surface area contributed by atoms with E-state index in [1.165, 1.54) is 6.92 Å². The van der Waals surface area contributed by atoms with Gasteiger partial charge in [-0.15, -0.1) is 0 Å².